The molecular formula is C13H12F3N. The number of nitrogens with two attached hydrogens (primary N) is 1. The van der Waals surface area contributed by atoms with Crippen LogP contribution in [0, 0.1) is 0 Å². The second-order valence-electron chi connectivity index (χ2n) is 3.97. The van der Waals surface area contributed by atoms with Crippen molar-refractivity contribution in [2.75, 3.05) is 0 Å². The molecule has 1 aliphatic rings. The molecule has 1 aromatic rings. The molecule has 0 aromatic heterocycles. The summed E-state index contributed by atoms with van der Waals surface area (Å²) in [5, 5.41) is 0. The largest absolute Gasteiger partial charge is 0.414 e. The van der Waals surface area contributed by atoms with Crippen LogP contribution in [0.15, 0.2) is 54.1 Å². The fourth-order valence-corrected chi connectivity index (χ4v) is 1.98. The third-order valence-corrected chi connectivity index (χ3v) is 2.85. The second kappa shape index (κ2) is 4.37. The van der Waals surface area contributed by atoms with Crippen LogP contribution in [0.5, 0.6) is 0 Å². The smallest absolute Gasteiger partial charge is 0.323 e. The summed E-state index contributed by atoms with van der Waals surface area (Å²) in [4.78, 5) is 0. The van der Waals surface area contributed by atoms with Crippen LogP contribution in [0.2, 0.25) is 0 Å². The minimum Gasteiger partial charge on any atom is -0.323 e. The Labute approximate surface area is 97.4 Å². The van der Waals surface area contributed by atoms with Crippen molar-refractivity contribution in [1.82, 2.24) is 0 Å². The number of rotatable bonds is 1. The van der Waals surface area contributed by atoms with Crippen molar-refractivity contribution in [3.63, 3.8) is 0 Å². The van der Waals surface area contributed by atoms with Crippen molar-refractivity contribution in [3.05, 3.63) is 59.7 Å². The molecule has 0 aliphatic heterocycles. The molecule has 0 radical (unpaired) electrons. The molecule has 17 heavy (non-hydrogen) atoms. The van der Waals surface area contributed by atoms with Gasteiger partial charge >= 0.3 is 6.18 Å². The molecule has 1 aromatic carbocycles. The maximum absolute atomic E-state index is 12.7. The number of halogens is 3. The summed E-state index contributed by atoms with van der Waals surface area (Å²) in [7, 11) is 0. The molecule has 4 heteroatoms. The molecule has 0 saturated heterocycles. The number of hydrogen-bond donors (Lipinski definition) is 1. The molecule has 1 nitrogen and oxygen atoms in total. The predicted octanol–water partition coefficient (Wildman–Crippen LogP) is 3.16. The Balaban J connectivity index is 2.31. The molecule has 0 amide bonds. The lowest BCUT2D eigenvalue weighted by Crippen LogP contribution is -2.37. The third kappa shape index (κ3) is 2.42. The van der Waals surface area contributed by atoms with Crippen molar-refractivity contribution in [1.29, 1.82) is 0 Å². The number of hydrogen-bond acceptors (Lipinski definition) is 1. The zero-order chi connectivity index (χ0) is 12.5. The molecule has 0 saturated carbocycles. The lowest BCUT2D eigenvalue weighted by Gasteiger charge is -2.27. The second-order valence-corrected chi connectivity index (χ2v) is 3.97. The number of alkyl halides is 3. The maximum Gasteiger partial charge on any atom is 0.414 e. The molecule has 90 valence electrons. The molecule has 0 spiro atoms. The Morgan fingerprint density at radius 3 is 2.29 bits per heavy atom. The molecule has 0 fully saturated rings. The van der Waals surface area contributed by atoms with Gasteiger partial charge in [0.1, 0.15) is 0 Å². The first-order chi connectivity index (χ1) is 8.00. The van der Waals surface area contributed by atoms with Crippen LogP contribution < -0.4 is 5.73 Å². The zero-order valence-corrected chi connectivity index (χ0v) is 8.98. The van der Waals surface area contributed by atoms with Gasteiger partial charge in [-0.1, -0.05) is 48.6 Å². The molecule has 1 aliphatic carbocycles. The van der Waals surface area contributed by atoms with E-state index in [4.69, 9.17) is 5.73 Å². The highest BCUT2D eigenvalue weighted by molar-refractivity contribution is 5.38. The molecule has 0 heterocycles. The highest BCUT2D eigenvalue weighted by Crippen LogP contribution is 2.36. The van der Waals surface area contributed by atoms with Gasteiger partial charge < -0.3 is 5.73 Å². The van der Waals surface area contributed by atoms with E-state index >= 15 is 0 Å². The quantitative estimate of drug-likeness (QED) is 0.800. The number of benzene rings is 1. The Bertz CT molecular complexity index is 445. The van der Waals surface area contributed by atoms with Gasteiger partial charge in [-0.15, -0.1) is 0 Å². The Hall–Kier alpha value is -1.55. The first-order valence-electron chi connectivity index (χ1n) is 5.26. The van der Waals surface area contributed by atoms with E-state index in [1.54, 1.807) is 30.3 Å². The average Bonchev–Trinajstić information content (AvgIpc) is 2.29. The van der Waals surface area contributed by atoms with Gasteiger partial charge in [0.25, 0.3) is 0 Å². The highest BCUT2D eigenvalue weighted by Gasteiger charge is 2.40. The monoisotopic (exact) mass is 239 g/mol. The molecule has 0 bridgehead atoms. The van der Waals surface area contributed by atoms with E-state index in [1.165, 1.54) is 6.08 Å². The normalized spacial score (nSPS) is 24.6. The van der Waals surface area contributed by atoms with Gasteiger partial charge in [0.15, 0.2) is 0 Å². The summed E-state index contributed by atoms with van der Waals surface area (Å²) in [5.74, 6) is -0.419. The standard InChI is InChI=1S/C13H12F3N/c14-13(15,16)11-8-4-7-10(12(11)17)9-5-2-1-3-6-9/h1-8,10,12H,17H2/t10-,12-/m1/s1. The van der Waals surface area contributed by atoms with Gasteiger partial charge in [0, 0.05) is 12.0 Å². The van der Waals surface area contributed by atoms with Crippen LogP contribution in [-0.4, -0.2) is 12.2 Å². The summed E-state index contributed by atoms with van der Waals surface area (Å²) in [6, 6.07) is 7.94. The predicted molar refractivity (Wildman–Crippen MR) is 60.4 cm³/mol. The van der Waals surface area contributed by atoms with E-state index in [1.807, 2.05) is 6.07 Å². The van der Waals surface area contributed by atoms with Crippen LogP contribution >= 0.6 is 0 Å². The van der Waals surface area contributed by atoms with Crippen molar-refractivity contribution >= 4 is 0 Å². The summed E-state index contributed by atoms with van der Waals surface area (Å²) in [6.07, 6.45) is -0.194. The Morgan fingerprint density at radius 2 is 1.71 bits per heavy atom. The van der Waals surface area contributed by atoms with Crippen molar-refractivity contribution in [3.8, 4) is 0 Å². The maximum atomic E-state index is 12.7. The Kier molecular flexibility index (Phi) is 3.07. The van der Waals surface area contributed by atoms with Gasteiger partial charge in [0.2, 0.25) is 0 Å². The van der Waals surface area contributed by atoms with Gasteiger partial charge in [-0.25, -0.2) is 0 Å². The minimum absolute atomic E-state index is 0.419. The number of allylic oxidation sites excluding steroid dienone is 2. The van der Waals surface area contributed by atoms with Crippen LogP contribution in [0.3, 0.4) is 0 Å². The van der Waals surface area contributed by atoms with Gasteiger partial charge in [-0.2, -0.15) is 13.2 Å². The molecule has 2 atom stereocenters. The lowest BCUT2D eigenvalue weighted by molar-refractivity contribution is -0.0960. The van der Waals surface area contributed by atoms with E-state index < -0.39 is 23.7 Å². The Morgan fingerprint density at radius 1 is 1.06 bits per heavy atom. The van der Waals surface area contributed by atoms with Gasteiger partial charge in [0.05, 0.1) is 5.57 Å². The van der Waals surface area contributed by atoms with Crippen LogP contribution in [-0.2, 0) is 0 Å². The van der Waals surface area contributed by atoms with E-state index in [0.717, 1.165) is 11.6 Å². The van der Waals surface area contributed by atoms with Crippen LogP contribution in [0.1, 0.15) is 11.5 Å². The summed E-state index contributed by atoms with van der Waals surface area (Å²) in [6.45, 7) is 0. The zero-order valence-electron chi connectivity index (χ0n) is 8.98. The fraction of sp³-hybridized carbons (Fsp3) is 0.231. The van der Waals surface area contributed by atoms with E-state index in [9.17, 15) is 13.2 Å². The van der Waals surface area contributed by atoms with Gasteiger partial charge in [-0.3, -0.25) is 0 Å². The van der Waals surface area contributed by atoms with Crippen molar-refractivity contribution in [2.24, 2.45) is 5.73 Å². The topological polar surface area (TPSA) is 26.0 Å². The van der Waals surface area contributed by atoms with Crippen molar-refractivity contribution < 1.29 is 13.2 Å². The highest BCUT2D eigenvalue weighted by atomic mass is 19.4. The molecule has 2 rings (SSSR count). The SMILES string of the molecule is N[C@H]1C(C(F)(F)F)=CC=C[C@@H]1c1ccccc1. The van der Waals surface area contributed by atoms with Crippen molar-refractivity contribution in [2.45, 2.75) is 18.1 Å². The van der Waals surface area contributed by atoms with Crippen LogP contribution in [0.25, 0.3) is 0 Å². The minimum atomic E-state index is -4.36. The van der Waals surface area contributed by atoms with E-state index in [-0.39, 0.29) is 0 Å². The van der Waals surface area contributed by atoms with E-state index in [2.05, 4.69) is 0 Å². The summed E-state index contributed by atoms with van der Waals surface area (Å²) < 4.78 is 38.1. The third-order valence-electron chi connectivity index (χ3n) is 2.85. The molecule has 0 unspecified atom stereocenters. The first-order valence-corrected chi connectivity index (χ1v) is 5.26. The summed E-state index contributed by atoms with van der Waals surface area (Å²) >= 11 is 0. The lowest BCUT2D eigenvalue weighted by atomic mass is 9.84. The molecule has 2 N–H and O–H groups in total. The molecular weight excluding hydrogens is 227 g/mol. The average molecular weight is 239 g/mol. The van der Waals surface area contributed by atoms with Crippen LogP contribution in [0.4, 0.5) is 13.2 Å². The fourth-order valence-electron chi connectivity index (χ4n) is 1.98. The summed E-state index contributed by atoms with van der Waals surface area (Å²) in [5.41, 5.74) is 5.83. The van der Waals surface area contributed by atoms with E-state index in [0.29, 0.717) is 0 Å². The first kappa shape index (κ1) is 11.9. The van der Waals surface area contributed by atoms with Gasteiger partial charge in [-0.05, 0) is 5.56 Å².